The van der Waals surface area contributed by atoms with Crippen molar-refractivity contribution in [1.82, 2.24) is 0 Å². The van der Waals surface area contributed by atoms with Crippen LogP contribution < -0.4 is 10.8 Å². The van der Waals surface area contributed by atoms with E-state index in [0.717, 1.165) is 21.2 Å². The minimum absolute atomic E-state index is 0.319. The topological polar surface area (TPSA) is 30.5 Å². The zero-order valence-electron chi connectivity index (χ0n) is 16.5. The van der Waals surface area contributed by atoms with E-state index in [1.807, 2.05) is 12.1 Å². The molecule has 1 aliphatic heterocycles. The molecule has 27 heavy (non-hydrogen) atoms. The van der Waals surface area contributed by atoms with Gasteiger partial charge in [0.15, 0.2) is 0 Å². The fourth-order valence-electron chi connectivity index (χ4n) is 2.69. The predicted molar refractivity (Wildman–Crippen MR) is 121 cm³/mol. The molecular formula is C21H26BNO2S2. The van der Waals surface area contributed by atoms with Crippen molar-refractivity contribution in [3.8, 4) is 0 Å². The summed E-state index contributed by atoms with van der Waals surface area (Å²) in [5, 5.41) is 3.27. The Kier molecular flexibility index (Phi) is 6.01. The highest BCUT2D eigenvalue weighted by atomic mass is 32.2. The SMILES string of the molecule is Cc1ccc(NC(=S)SCc2ccc(B3OC(C)(C)C(C)(C)O3)cc2)cc1. The summed E-state index contributed by atoms with van der Waals surface area (Å²) in [6.45, 7) is 10.4. The van der Waals surface area contributed by atoms with E-state index in [4.69, 9.17) is 21.5 Å². The van der Waals surface area contributed by atoms with E-state index in [1.54, 1.807) is 11.8 Å². The standard InChI is InChI=1S/C21H26BNO2S2/c1-15-6-12-18(13-7-15)23-19(26)27-14-16-8-10-17(11-9-16)22-24-20(2,3)21(4,5)25-22/h6-13H,14H2,1-5H3,(H,23,26). The minimum atomic E-state index is -0.319. The molecule has 0 atom stereocenters. The first kappa shape index (κ1) is 20.4. The third kappa shape index (κ3) is 4.94. The van der Waals surface area contributed by atoms with Crippen LogP contribution in [0.5, 0.6) is 0 Å². The highest BCUT2D eigenvalue weighted by molar-refractivity contribution is 8.22. The first-order valence-corrected chi connectivity index (χ1v) is 10.5. The quantitative estimate of drug-likeness (QED) is 0.582. The molecule has 1 fully saturated rings. The average Bonchev–Trinajstić information content (AvgIpc) is 2.83. The summed E-state index contributed by atoms with van der Waals surface area (Å²) in [5.41, 5.74) is 3.88. The van der Waals surface area contributed by atoms with Crippen molar-refractivity contribution < 1.29 is 9.31 Å². The Hall–Kier alpha value is -1.34. The molecule has 1 saturated heterocycles. The second-order valence-corrected chi connectivity index (χ2v) is 9.55. The van der Waals surface area contributed by atoms with Gasteiger partial charge in [-0.15, -0.1) is 0 Å². The molecule has 6 heteroatoms. The average molecular weight is 399 g/mol. The van der Waals surface area contributed by atoms with Gasteiger partial charge in [0.25, 0.3) is 0 Å². The van der Waals surface area contributed by atoms with Gasteiger partial charge in [0.1, 0.15) is 4.32 Å². The number of rotatable bonds is 4. The van der Waals surface area contributed by atoms with Gasteiger partial charge in [0, 0.05) is 11.4 Å². The normalized spacial score (nSPS) is 17.7. The Bertz CT molecular complexity index is 788. The van der Waals surface area contributed by atoms with Gasteiger partial charge in [0.2, 0.25) is 0 Å². The monoisotopic (exact) mass is 399 g/mol. The number of thioether (sulfide) groups is 1. The van der Waals surface area contributed by atoms with Crippen molar-refractivity contribution in [2.75, 3.05) is 5.32 Å². The summed E-state index contributed by atoms with van der Waals surface area (Å²) >= 11 is 7.07. The van der Waals surface area contributed by atoms with Crippen LogP contribution in [-0.4, -0.2) is 22.6 Å². The zero-order valence-corrected chi connectivity index (χ0v) is 18.2. The van der Waals surface area contributed by atoms with Crippen LogP contribution >= 0.6 is 24.0 Å². The van der Waals surface area contributed by atoms with Crippen LogP contribution in [-0.2, 0) is 15.1 Å². The molecule has 0 spiro atoms. The molecule has 2 aromatic carbocycles. The third-order valence-corrected chi connectivity index (χ3v) is 6.47. The van der Waals surface area contributed by atoms with Gasteiger partial charge in [-0.2, -0.15) is 0 Å². The van der Waals surface area contributed by atoms with Crippen molar-refractivity contribution in [2.45, 2.75) is 51.6 Å². The van der Waals surface area contributed by atoms with E-state index in [1.165, 1.54) is 11.1 Å². The van der Waals surface area contributed by atoms with Crippen LogP contribution in [0, 0.1) is 6.92 Å². The van der Waals surface area contributed by atoms with Crippen LogP contribution in [0.2, 0.25) is 0 Å². The van der Waals surface area contributed by atoms with Crippen LogP contribution in [0.1, 0.15) is 38.8 Å². The zero-order chi connectivity index (χ0) is 19.7. The lowest BCUT2D eigenvalue weighted by Crippen LogP contribution is -2.41. The van der Waals surface area contributed by atoms with Gasteiger partial charge < -0.3 is 14.6 Å². The molecule has 2 aromatic rings. The van der Waals surface area contributed by atoms with E-state index >= 15 is 0 Å². The van der Waals surface area contributed by atoms with Gasteiger partial charge in [-0.05, 0) is 57.8 Å². The number of nitrogens with one attached hydrogen (secondary N) is 1. The summed E-state index contributed by atoms with van der Waals surface area (Å²) in [6.07, 6.45) is 0. The van der Waals surface area contributed by atoms with Gasteiger partial charge in [-0.1, -0.05) is 65.9 Å². The molecule has 0 radical (unpaired) electrons. The molecule has 1 aliphatic rings. The third-order valence-electron chi connectivity index (χ3n) is 5.17. The maximum absolute atomic E-state index is 6.10. The lowest BCUT2D eigenvalue weighted by molar-refractivity contribution is 0.00578. The molecule has 0 aliphatic carbocycles. The Morgan fingerprint density at radius 1 is 0.963 bits per heavy atom. The molecule has 0 unspecified atom stereocenters. The van der Waals surface area contributed by atoms with Gasteiger partial charge in [-0.25, -0.2) is 0 Å². The van der Waals surface area contributed by atoms with Gasteiger partial charge in [-0.3, -0.25) is 0 Å². The molecule has 0 amide bonds. The summed E-state index contributed by atoms with van der Waals surface area (Å²) < 4.78 is 13.0. The van der Waals surface area contributed by atoms with Gasteiger partial charge in [0.05, 0.1) is 11.2 Å². The molecule has 142 valence electrons. The number of benzene rings is 2. The largest absolute Gasteiger partial charge is 0.494 e. The van der Waals surface area contributed by atoms with Crippen LogP contribution in [0.4, 0.5) is 5.69 Å². The number of hydrogen-bond acceptors (Lipinski definition) is 4. The Morgan fingerprint density at radius 2 is 1.52 bits per heavy atom. The summed E-state index contributed by atoms with van der Waals surface area (Å²) in [6, 6.07) is 16.6. The highest BCUT2D eigenvalue weighted by Gasteiger charge is 2.51. The van der Waals surface area contributed by atoms with E-state index in [0.29, 0.717) is 0 Å². The Labute approximate surface area is 172 Å². The maximum atomic E-state index is 6.10. The number of thiocarbonyl (C=S) groups is 1. The van der Waals surface area contributed by atoms with Crippen molar-refractivity contribution in [2.24, 2.45) is 0 Å². The van der Waals surface area contributed by atoms with Crippen molar-refractivity contribution in [3.05, 3.63) is 59.7 Å². The highest BCUT2D eigenvalue weighted by Crippen LogP contribution is 2.36. The fraction of sp³-hybridized carbons (Fsp3) is 0.381. The van der Waals surface area contributed by atoms with E-state index in [2.05, 4.69) is 76.3 Å². The van der Waals surface area contributed by atoms with Crippen molar-refractivity contribution in [1.29, 1.82) is 0 Å². The van der Waals surface area contributed by atoms with Crippen molar-refractivity contribution in [3.63, 3.8) is 0 Å². The molecule has 0 bridgehead atoms. The maximum Gasteiger partial charge on any atom is 0.494 e. The fourth-order valence-corrected chi connectivity index (χ4v) is 3.66. The first-order valence-electron chi connectivity index (χ1n) is 9.11. The molecule has 0 saturated carbocycles. The molecule has 3 nitrogen and oxygen atoms in total. The van der Waals surface area contributed by atoms with Crippen LogP contribution in [0.25, 0.3) is 0 Å². The summed E-state index contributed by atoms with van der Waals surface area (Å²) in [7, 11) is -0.319. The Balaban J connectivity index is 1.54. The Morgan fingerprint density at radius 3 is 2.07 bits per heavy atom. The summed E-state index contributed by atoms with van der Waals surface area (Å²) in [4.78, 5) is 0. The predicted octanol–water partition coefficient (Wildman–Crippen LogP) is 4.92. The molecule has 1 heterocycles. The van der Waals surface area contributed by atoms with E-state index < -0.39 is 0 Å². The molecular weight excluding hydrogens is 373 g/mol. The molecule has 3 rings (SSSR count). The molecule has 0 aromatic heterocycles. The smallest absolute Gasteiger partial charge is 0.399 e. The molecule has 1 N–H and O–H groups in total. The van der Waals surface area contributed by atoms with Crippen LogP contribution in [0.3, 0.4) is 0 Å². The first-order chi connectivity index (χ1) is 12.7. The minimum Gasteiger partial charge on any atom is -0.399 e. The second-order valence-electron chi connectivity index (χ2n) is 7.90. The van der Waals surface area contributed by atoms with Crippen molar-refractivity contribution >= 4 is 46.6 Å². The lowest BCUT2D eigenvalue weighted by atomic mass is 9.79. The lowest BCUT2D eigenvalue weighted by Gasteiger charge is -2.32. The van der Waals surface area contributed by atoms with Crippen LogP contribution in [0.15, 0.2) is 48.5 Å². The van der Waals surface area contributed by atoms with Gasteiger partial charge >= 0.3 is 7.12 Å². The number of hydrogen-bond donors (Lipinski definition) is 1. The van der Waals surface area contributed by atoms with E-state index in [-0.39, 0.29) is 18.3 Å². The number of aryl methyl sites for hydroxylation is 1. The van der Waals surface area contributed by atoms with E-state index in [9.17, 15) is 0 Å². The summed E-state index contributed by atoms with van der Waals surface area (Å²) in [5.74, 6) is 0.821. The number of anilines is 1. The second kappa shape index (κ2) is 7.96.